The van der Waals surface area contributed by atoms with Crippen molar-refractivity contribution in [1.29, 1.82) is 0 Å². The Kier molecular flexibility index (Phi) is 5.58. The molecule has 0 aliphatic carbocycles. The van der Waals surface area contributed by atoms with Crippen LogP contribution in [0.1, 0.15) is 12.8 Å². The van der Waals surface area contributed by atoms with Crippen molar-refractivity contribution in [1.82, 2.24) is 9.88 Å². The van der Waals surface area contributed by atoms with E-state index in [-0.39, 0.29) is 0 Å². The van der Waals surface area contributed by atoms with Crippen molar-refractivity contribution in [3.63, 3.8) is 0 Å². The van der Waals surface area contributed by atoms with Gasteiger partial charge in [0.25, 0.3) is 0 Å². The predicted molar refractivity (Wildman–Crippen MR) is 89.9 cm³/mol. The van der Waals surface area contributed by atoms with Gasteiger partial charge in [-0.05, 0) is 57.7 Å². The van der Waals surface area contributed by atoms with Gasteiger partial charge in [-0.25, -0.2) is 4.98 Å². The van der Waals surface area contributed by atoms with E-state index in [2.05, 4.69) is 41.0 Å². The number of para-hydroxylation sites is 1. The average Bonchev–Trinajstić information content (AvgIpc) is 2.49. The molecule has 2 rings (SSSR count). The number of rotatable bonds is 7. The zero-order chi connectivity index (χ0) is 15.1. The Labute approximate surface area is 127 Å². The van der Waals surface area contributed by atoms with Gasteiger partial charge in [-0.15, -0.1) is 0 Å². The average molecular weight is 284 g/mol. The fourth-order valence-electron chi connectivity index (χ4n) is 2.30. The molecule has 4 nitrogen and oxygen atoms in total. The number of nitrogens with two attached hydrogens (primary N) is 1. The molecule has 0 radical (unpaired) electrons. The van der Waals surface area contributed by atoms with E-state index in [9.17, 15) is 0 Å². The van der Waals surface area contributed by atoms with Gasteiger partial charge in [0.1, 0.15) is 0 Å². The summed E-state index contributed by atoms with van der Waals surface area (Å²) in [6.07, 6.45) is 4.05. The van der Waals surface area contributed by atoms with Crippen molar-refractivity contribution >= 4 is 17.2 Å². The quantitative estimate of drug-likeness (QED) is 0.793. The maximum absolute atomic E-state index is 6.10. The highest BCUT2D eigenvalue weighted by Gasteiger charge is 2.12. The van der Waals surface area contributed by atoms with Gasteiger partial charge in [-0.1, -0.05) is 18.2 Å². The van der Waals surface area contributed by atoms with Crippen LogP contribution in [0.25, 0.3) is 0 Å². The molecule has 1 aromatic heterocycles. The molecule has 112 valence electrons. The zero-order valence-corrected chi connectivity index (χ0v) is 12.9. The van der Waals surface area contributed by atoms with E-state index in [0.29, 0.717) is 5.69 Å². The summed E-state index contributed by atoms with van der Waals surface area (Å²) < 4.78 is 0. The van der Waals surface area contributed by atoms with Crippen molar-refractivity contribution in [2.45, 2.75) is 12.8 Å². The first-order chi connectivity index (χ1) is 10.2. The number of hydrogen-bond donors (Lipinski definition) is 1. The standard InChI is InChI=1S/C17H24N4/c1-20(2)13-6-7-14-21(15-9-4-3-5-10-15)17-16(18)11-8-12-19-17/h3-5,8-12H,6-7,13-14,18H2,1-2H3. The van der Waals surface area contributed by atoms with Crippen LogP contribution in [0.15, 0.2) is 48.7 Å². The second-order valence-corrected chi connectivity index (χ2v) is 5.41. The molecular weight excluding hydrogens is 260 g/mol. The van der Waals surface area contributed by atoms with Crippen LogP contribution in [0, 0.1) is 0 Å². The Balaban J connectivity index is 2.14. The molecule has 1 heterocycles. The van der Waals surface area contributed by atoms with Crippen molar-refractivity contribution in [3.05, 3.63) is 48.7 Å². The summed E-state index contributed by atoms with van der Waals surface area (Å²) in [5, 5.41) is 0. The highest BCUT2D eigenvalue weighted by molar-refractivity contribution is 5.70. The molecule has 0 aliphatic rings. The van der Waals surface area contributed by atoms with Gasteiger partial charge in [-0.2, -0.15) is 0 Å². The molecule has 0 amide bonds. The van der Waals surface area contributed by atoms with Crippen LogP contribution in [0.2, 0.25) is 0 Å². The lowest BCUT2D eigenvalue weighted by atomic mass is 10.2. The Morgan fingerprint density at radius 1 is 0.952 bits per heavy atom. The molecule has 4 heteroatoms. The molecule has 0 unspecified atom stereocenters. The number of nitrogen functional groups attached to an aromatic ring is 1. The third-order valence-corrected chi connectivity index (χ3v) is 3.38. The minimum Gasteiger partial charge on any atom is -0.396 e. The molecule has 21 heavy (non-hydrogen) atoms. The predicted octanol–water partition coefficient (Wildman–Crippen LogP) is 3.14. The van der Waals surface area contributed by atoms with Gasteiger partial charge < -0.3 is 15.5 Å². The molecule has 2 N–H and O–H groups in total. The first-order valence-electron chi connectivity index (χ1n) is 7.36. The molecular formula is C17H24N4. The van der Waals surface area contributed by atoms with Gasteiger partial charge in [0.2, 0.25) is 0 Å². The van der Waals surface area contributed by atoms with Crippen LogP contribution in [-0.2, 0) is 0 Å². The van der Waals surface area contributed by atoms with E-state index in [1.165, 1.54) is 0 Å². The summed E-state index contributed by atoms with van der Waals surface area (Å²) in [6, 6.07) is 14.1. The van der Waals surface area contributed by atoms with E-state index in [1.807, 2.05) is 30.3 Å². The maximum atomic E-state index is 6.10. The van der Waals surface area contributed by atoms with Gasteiger partial charge >= 0.3 is 0 Å². The molecule has 0 saturated heterocycles. The SMILES string of the molecule is CN(C)CCCCN(c1ccccc1)c1ncccc1N. The van der Waals surface area contributed by atoms with Crippen LogP contribution in [0.5, 0.6) is 0 Å². The third kappa shape index (κ3) is 4.46. The van der Waals surface area contributed by atoms with Gasteiger partial charge in [0, 0.05) is 18.4 Å². The van der Waals surface area contributed by atoms with Gasteiger partial charge in [0.15, 0.2) is 5.82 Å². The normalized spacial score (nSPS) is 10.8. The fourth-order valence-corrected chi connectivity index (χ4v) is 2.30. The summed E-state index contributed by atoms with van der Waals surface area (Å²) in [4.78, 5) is 8.87. The molecule has 2 aromatic rings. The van der Waals surface area contributed by atoms with E-state index in [1.54, 1.807) is 6.20 Å². The second-order valence-electron chi connectivity index (χ2n) is 5.41. The number of nitrogens with zero attached hydrogens (tertiary/aromatic N) is 3. The number of aromatic nitrogens is 1. The van der Waals surface area contributed by atoms with Crippen molar-refractivity contribution in [2.24, 2.45) is 0 Å². The van der Waals surface area contributed by atoms with E-state index < -0.39 is 0 Å². The lowest BCUT2D eigenvalue weighted by molar-refractivity contribution is 0.395. The smallest absolute Gasteiger partial charge is 0.156 e. The number of benzene rings is 1. The number of pyridine rings is 1. The van der Waals surface area contributed by atoms with Crippen LogP contribution in [-0.4, -0.2) is 37.1 Å². The van der Waals surface area contributed by atoms with E-state index in [0.717, 1.165) is 37.4 Å². The summed E-state index contributed by atoms with van der Waals surface area (Å²) >= 11 is 0. The zero-order valence-electron chi connectivity index (χ0n) is 12.9. The summed E-state index contributed by atoms with van der Waals surface area (Å²) in [5.74, 6) is 0.841. The molecule has 0 atom stereocenters. The van der Waals surface area contributed by atoms with Crippen molar-refractivity contribution in [3.8, 4) is 0 Å². The molecule has 0 saturated carbocycles. The van der Waals surface area contributed by atoms with E-state index >= 15 is 0 Å². The van der Waals surface area contributed by atoms with Gasteiger partial charge in [0.05, 0.1) is 5.69 Å². The first-order valence-corrected chi connectivity index (χ1v) is 7.36. The largest absolute Gasteiger partial charge is 0.396 e. The summed E-state index contributed by atoms with van der Waals surface area (Å²) in [5.41, 5.74) is 7.95. The highest BCUT2D eigenvalue weighted by Crippen LogP contribution is 2.28. The molecule has 1 aromatic carbocycles. The van der Waals surface area contributed by atoms with Crippen molar-refractivity contribution in [2.75, 3.05) is 37.8 Å². The second kappa shape index (κ2) is 7.64. The van der Waals surface area contributed by atoms with Crippen LogP contribution < -0.4 is 10.6 Å². The molecule has 0 bridgehead atoms. The fraction of sp³-hybridized carbons (Fsp3) is 0.353. The Morgan fingerprint density at radius 3 is 2.33 bits per heavy atom. The Morgan fingerprint density at radius 2 is 1.67 bits per heavy atom. The first kappa shape index (κ1) is 15.3. The Bertz CT molecular complexity index is 539. The number of anilines is 3. The molecule has 0 spiro atoms. The molecule has 0 fully saturated rings. The number of hydrogen-bond acceptors (Lipinski definition) is 4. The monoisotopic (exact) mass is 284 g/mol. The van der Waals surface area contributed by atoms with Crippen LogP contribution >= 0.6 is 0 Å². The Hall–Kier alpha value is -2.07. The van der Waals surface area contributed by atoms with Crippen LogP contribution in [0.4, 0.5) is 17.2 Å². The summed E-state index contributed by atoms with van der Waals surface area (Å²) in [6.45, 7) is 2.01. The molecule has 0 aliphatic heterocycles. The lowest BCUT2D eigenvalue weighted by Gasteiger charge is -2.25. The van der Waals surface area contributed by atoms with Crippen LogP contribution in [0.3, 0.4) is 0 Å². The van der Waals surface area contributed by atoms with Gasteiger partial charge in [-0.3, -0.25) is 0 Å². The minimum absolute atomic E-state index is 0.717. The highest BCUT2D eigenvalue weighted by atomic mass is 15.2. The minimum atomic E-state index is 0.717. The maximum Gasteiger partial charge on any atom is 0.156 e. The number of unbranched alkanes of at least 4 members (excludes halogenated alkanes) is 1. The lowest BCUT2D eigenvalue weighted by Crippen LogP contribution is -2.22. The van der Waals surface area contributed by atoms with Crippen molar-refractivity contribution < 1.29 is 0 Å². The topological polar surface area (TPSA) is 45.4 Å². The summed E-state index contributed by atoms with van der Waals surface area (Å²) in [7, 11) is 4.21. The third-order valence-electron chi connectivity index (χ3n) is 3.38. The van der Waals surface area contributed by atoms with E-state index in [4.69, 9.17) is 5.73 Å².